The number of carbonyl (C=O) groups excluding carboxylic acids is 1. The fourth-order valence-corrected chi connectivity index (χ4v) is 12.0. The zero-order chi connectivity index (χ0) is 71.5. The fraction of sp³-hybridized carbons (Fsp3) is 0.706. The van der Waals surface area contributed by atoms with Gasteiger partial charge in [0.25, 0.3) is 0 Å². The summed E-state index contributed by atoms with van der Waals surface area (Å²) in [6, 6.07) is -0.969. The van der Waals surface area contributed by atoms with Crippen molar-refractivity contribution in [2.45, 2.75) is 364 Å². The number of rotatable bonds is 64. The fourth-order valence-electron chi connectivity index (χ4n) is 12.0. The molecule has 566 valence electrons. The highest BCUT2D eigenvalue weighted by Gasteiger charge is 2.51. The molecule has 0 aromatic heterocycles. The summed E-state index contributed by atoms with van der Waals surface area (Å²) in [6.45, 7) is 2.66. The van der Waals surface area contributed by atoms with Gasteiger partial charge in [0.2, 0.25) is 5.91 Å². The first-order valence-electron chi connectivity index (χ1n) is 39.6. The molecule has 0 aromatic carbocycles. The molecule has 0 radical (unpaired) electrons. The molecule has 2 aliphatic rings. The van der Waals surface area contributed by atoms with Crippen LogP contribution in [-0.4, -0.2) is 140 Å². The predicted octanol–water partition coefficient (Wildman–Crippen LogP) is 18.0. The maximum atomic E-state index is 13.4. The third-order valence-electron chi connectivity index (χ3n) is 18.3. The van der Waals surface area contributed by atoms with Crippen LogP contribution in [0, 0.1) is 0 Å². The van der Waals surface area contributed by atoms with Gasteiger partial charge in [0.05, 0.1) is 32.0 Å². The summed E-state index contributed by atoms with van der Waals surface area (Å²) < 4.78 is 22.9. The monoisotopic (exact) mass is 1390 g/mol. The molecular weight excluding hydrogens is 1240 g/mol. The second kappa shape index (κ2) is 67.1. The van der Waals surface area contributed by atoms with Crippen molar-refractivity contribution in [1.29, 1.82) is 0 Å². The van der Waals surface area contributed by atoms with Crippen molar-refractivity contribution in [2.75, 3.05) is 19.8 Å². The van der Waals surface area contributed by atoms with Gasteiger partial charge in [-0.3, -0.25) is 4.79 Å². The SMILES string of the molecule is CC/C=C\C/C=C\C/C=C\C/C=C\C/C=C\C/C=C\C/C=C\C/C=C\C/C=C\C/C=C\CCCCC(=O)NC(COC1OC(CO)C(OC2OC(CO)C(O)C(O)C2O)C(O)C1O)C(O)/C=C/CC/C=C/CCCCCCCCCCCCCCCCCCCCCCCCCCCC. The molecule has 2 heterocycles. The Hall–Kier alpha value is -4.13. The zero-order valence-electron chi connectivity index (χ0n) is 61.9. The van der Waals surface area contributed by atoms with Gasteiger partial charge in [-0.2, -0.15) is 0 Å². The van der Waals surface area contributed by atoms with Gasteiger partial charge >= 0.3 is 0 Å². The second-order valence-corrected chi connectivity index (χ2v) is 27.1. The molecule has 0 aliphatic carbocycles. The number of unbranched alkanes of at least 4 members (excludes halogenated alkanes) is 29. The van der Waals surface area contributed by atoms with Crippen molar-refractivity contribution in [3.8, 4) is 0 Å². The minimum absolute atomic E-state index is 0.208. The average molecular weight is 1390 g/mol. The first-order valence-corrected chi connectivity index (χ1v) is 39.6. The number of hydrogen-bond donors (Lipinski definition) is 9. The quantitative estimate of drug-likeness (QED) is 0.0204. The molecule has 14 nitrogen and oxygen atoms in total. The van der Waals surface area contributed by atoms with Gasteiger partial charge in [0.15, 0.2) is 12.6 Å². The molecule has 12 unspecified atom stereocenters. The summed E-state index contributed by atoms with van der Waals surface area (Å²) in [5.41, 5.74) is 0. The number of aliphatic hydroxyl groups excluding tert-OH is 8. The summed E-state index contributed by atoms with van der Waals surface area (Å²) >= 11 is 0. The van der Waals surface area contributed by atoms with E-state index in [1.54, 1.807) is 6.08 Å². The number of nitrogens with one attached hydrogen (secondary N) is 1. The Morgan fingerprint density at radius 3 is 1.11 bits per heavy atom. The third-order valence-corrected chi connectivity index (χ3v) is 18.3. The summed E-state index contributed by atoms with van der Waals surface area (Å²) in [5.74, 6) is -0.295. The van der Waals surface area contributed by atoms with Crippen LogP contribution < -0.4 is 5.32 Å². The normalized spacial score (nSPS) is 22.8. The number of allylic oxidation sites excluding steroid dienone is 23. The molecule has 1 amide bonds. The Bertz CT molecular complexity index is 2230. The molecule has 9 N–H and O–H groups in total. The van der Waals surface area contributed by atoms with Crippen molar-refractivity contribution in [2.24, 2.45) is 0 Å². The second-order valence-electron chi connectivity index (χ2n) is 27.1. The van der Waals surface area contributed by atoms with Crippen LogP contribution in [0.25, 0.3) is 0 Å². The number of ether oxygens (including phenoxy) is 4. The number of hydrogen-bond acceptors (Lipinski definition) is 13. The topological polar surface area (TPSA) is 228 Å². The summed E-state index contributed by atoms with van der Waals surface area (Å²) in [6.07, 6.45) is 85.0. The Balaban J connectivity index is 1.69. The first kappa shape index (κ1) is 91.0. The Morgan fingerprint density at radius 1 is 0.374 bits per heavy atom. The molecule has 0 aromatic rings. The van der Waals surface area contributed by atoms with Crippen molar-refractivity contribution in [1.82, 2.24) is 5.32 Å². The highest BCUT2D eigenvalue weighted by molar-refractivity contribution is 5.76. The number of amides is 1. The van der Waals surface area contributed by atoms with E-state index in [4.69, 9.17) is 18.9 Å². The van der Waals surface area contributed by atoms with Crippen LogP contribution in [0.15, 0.2) is 146 Å². The van der Waals surface area contributed by atoms with Gasteiger partial charge in [-0.1, -0.05) is 320 Å². The summed E-state index contributed by atoms with van der Waals surface area (Å²) in [4.78, 5) is 13.4. The average Bonchev–Trinajstić information content (AvgIpc) is 0.793. The van der Waals surface area contributed by atoms with E-state index in [2.05, 4.69) is 153 Å². The minimum atomic E-state index is -1.80. The maximum Gasteiger partial charge on any atom is 0.220 e. The van der Waals surface area contributed by atoms with Gasteiger partial charge < -0.3 is 65.1 Å². The first-order chi connectivity index (χ1) is 48.6. The Morgan fingerprint density at radius 2 is 0.707 bits per heavy atom. The molecule has 0 spiro atoms. The van der Waals surface area contributed by atoms with Crippen molar-refractivity contribution in [3.63, 3.8) is 0 Å². The van der Waals surface area contributed by atoms with E-state index in [0.29, 0.717) is 12.8 Å². The van der Waals surface area contributed by atoms with Crippen molar-refractivity contribution < 1.29 is 64.6 Å². The van der Waals surface area contributed by atoms with Crippen LogP contribution in [0.4, 0.5) is 0 Å². The van der Waals surface area contributed by atoms with E-state index in [1.807, 2.05) is 6.08 Å². The molecule has 12 atom stereocenters. The van der Waals surface area contributed by atoms with E-state index in [9.17, 15) is 45.6 Å². The van der Waals surface area contributed by atoms with Gasteiger partial charge in [-0.15, -0.1) is 0 Å². The molecule has 2 aliphatic heterocycles. The van der Waals surface area contributed by atoms with Crippen LogP contribution in [0.5, 0.6) is 0 Å². The van der Waals surface area contributed by atoms with Gasteiger partial charge in [-0.05, 0) is 109 Å². The van der Waals surface area contributed by atoms with E-state index in [1.165, 1.54) is 167 Å². The maximum absolute atomic E-state index is 13.4. The molecular formula is C85H143NO13. The molecule has 2 fully saturated rings. The lowest BCUT2D eigenvalue weighted by molar-refractivity contribution is -0.359. The molecule has 0 saturated carbocycles. The van der Waals surface area contributed by atoms with E-state index < -0.39 is 86.8 Å². The van der Waals surface area contributed by atoms with Crippen LogP contribution in [0.2, 0.25) is 0 Å². The summed E-state index contributed by atoms with van der Waals surface area (Å²) in [5, 5.41) is 87.6. The van der Waals surface area contributed by atoms with Crippen molar-refractivity contribution >= 4 is 5.91 Å². The lowest BCUT2D eigenvalue weighted by atomic mass is 9.97. The highest BCUT2D eigenvalue weighted by atomic mass is 16.7. The number of aliphatic hydroxyl groups is 8. The summed E-state index contributed by atoms with van der Waals surface area (Å²) in [7, 11) is 0. The standard InChI is InChI=1S/C85H143NO13/c1-3-5-7-9-11-13-15-17-19-21-23-25-27-29-31-33-35-37-39-41-43-45-47-49-51-53-55-57-59-61-63-65-67-69-77(90)86-73(72-96-84-82(95)80(93)83(76(71-88)98-84)99-85-81(94)79(92)78(91)75(70-87)97-85)74(89)68-66-64-62-60-58-56-54-52-50-48-46-44-42-40-38-36-34-32-30-28-26-24-22-20-18-16-14-12-10-8-6-4-2/h5,7,11,13,17,19,23,25,29,31,35,37,41,43,47,49,53,55,58-61,66,68,73-76,78-85,87-89,91-95H,3-4,6,8-10,12,14-16,18,20-22,24,26-28,30,32-34,36,38-40,42,44-46,48,50-52,54,56-57,62-65,67,69-72H2,1-2H3,(H,86,90)/b7-5-,13-11-,19-17-,25-23-,31-29-,37-35-,43-41-,49-47-,55-53-,60-58+,61-59-,68-66+. The number of carbonyl (C=O) groups is 1. The van der Waals surface area contributed by atoms with Gasteiger partial charge in [0.1, 0.15) is 48.8 Å². The Kier molecular flexibility index (Phi) is 61.6. The molecule has 2 rings (SSSR count). The largest absolute Gasteiger partial charge is 0.394 e. The third kappa shape index (κ3) is 50.0. The van der Waals surface area contributed by atoms with Crippen LogP contribution >= 0.6 is 0 Å². The molecule has 0 bridgehead atoms. The van der Waals surface area contributed by atoms with E-state index in [0.717, 1.165) is 89.9 Å². The van der Waals surface area contributed by atoms with E-state index >= 15 is 0 Å². The van der Waals surface area contributed by atoms with Crippen LogP contribution in [0.1, 0.15) is 290 Å². The smallest absolute Gasteiger partial charge is 0.220 e. The highest BCUT2D eigenvalue weighted by Crippen LogP contribution is 2.30. The van der Waals surface area contributed by atoms with E-state index in [-0.39, 0.29) is 18.9 Å². The lowest BCUT2D eigenvalue weighted by Gasteiger charge is -2.46. The van der Waals surface area contributed by atoms with Gasteiger partial charge in [0, 0.05) is 6.42 Å². The van der Waals surface area contributed by atoms with Crippen LogP contribution in [-0.2, 0) is 23.7 Å². The minimum Gasteiger partial charge on any atom is -0.394 e. The molecule has 2 saturated heterocycles. The lowest BCUT2D eigenvalue weighted by Crippen LogP contribution is -2.65. The molecule has 99 heavy (non-hydrogen) atoms. The zero-order valence-corrected chi connectivity index (χ0v) is 61.9. The molecule has 14 heteroatoms. The van der Waals surface area contributed by atoms with Gasteiger partial charge in [-0.25, -0.2) is 0 Å². The van der Waals surface area contributed by atoms with Crippen LogP contribution in [0.3, 0.4) is 0 Å². The Labute approximate surface area is 602 Å². The predicted molar refractivity (Wildman–Crippen MR) is 410 cm³/mol. The van der Waals surface area contributed by atoms with Crippen molar-refractivity contribution in [3.05, 3.63) is 146 Å².